The highest BCUT2D eigenvalue weighted by Gasteiger charge is 2.22. The van der Waals surface area contributed by atoms with Crippen molar-refractivity contribution < 1.29 is 14.2 Å². The molecule has 1 fully saturated rings. The van der Waals surface area contributed by atoms with E-state index in [4.69, 9.17) is 10.5 Å². The van der Waals surface area contributed by atoms with Crippen molar-refractivity contribution in [2.75, 3.05) is 48.9 Å². The Balaban J connectivity index is 1.46. The van der Waals surface area contributed by atoms with Gasteiger partial charge in [-0.1, -0.05) is 0 Å². The Kier molecular flexibility index (Phi) is 7.22. The molecule has 1 aliphatic rings. The number of aromatic nitrogens is 4. The number of nitrogens with zero attached hydrogens (tertiary/aromatic N) is 6. The van der Waals surface area contributed by atoms with Crippen LogP contribution in [0.25, 0.3) is 10.8 Å². The normalized spacial score (nSPS) is 14.5. The van der Waals surface area contributed by atoms with Crippen LogP contribution in [0, 0.1) is 5.95 Å². The minimum Gasteiger partial charge on any atom is -0.386 e. The van der Waals surface area contributed by atoms with Crippen molar-refractivity contribution in [1.29, 1.82) is 0 Å². The number of amidine groups is 1. The van der Waals surface area contributed by atoms with Gasteiger partial charge in [0.15, 0.2) is 5.82 Å². The van der Waals surface area contributed by atoms with E-state index >= 15 is 0 Å². The molecular weight excluding hydrogens is 501 g/mol. The van der Waals surface area contributed by atoms with Gasteiger partial charge >= 0.3 is 0 Å². The van der Waals surface area contributed by atoms with E-state index in [0.717, 1.165) is 29.5 Å². The van der Waals surface area contributed by atoms with E-state index in [-0.39, 0.29) is 17.2 Å². The van der Waals surface area contributed by atoms with Crippen LogP contribution < -0.4 is 21.3 Å². The highest BCUT2D eigenvalue weighted by atomic mass is 19.1. The van der Waals surface area contributed by atoms with Crippen molar-refractivity contribution >= 4 is 45.6 Å². The number of morpholine rings is 1. The number of hydrogen-bond acceptors (Lipinski definition) is 10. The number of pyridine rings is 4. The van der Waals surface area contributed by atoms with E-state index in [1.807, 2.05) is 12.1 Å². The van der Waals surface area contributed by atoms with Gasteiger partial charge in [0.1, 0.15) is 23.3 Å². The maximum absolute atomic E-state index is 14.5. The average Bonchev–Trinajstić information content (AvgIpc) is 2.92. The van der Waals surface area contributed by atoms with E-state index in [0.29, 0.717) is 36.2 Å². The quantitative estimate of drug-likeness (QED) is 0.159. The number of halogens is 1. The zero-order chi connectivity index (χ0) is 27.6. The van der Waals surface area contributed by atoms with Crippen LogP contribution in [0.15, 0.2) is 53.9 Å². The number of fused-ring (bicyclic) bond motifs is 1. The molecule has 202 valence electrons. The van der Waals surface area contributed by atoms with E-state index in [1.54, 1.807) is 37.8 Å². The van der Waals surface area contributed by atoms with Gasteiger partial charge in [-0.15, -0.1) is 0 Å². The van der Waals surface area contributed by atoms with Crippen LogP contribution in [0.5, 0.6) is 0 Å². The number of hydrogen-bond donors (Lipinski definition) is 4. The lowest BCUT2D eigenvalue weighted by Gasteiger charge is -2.28. The summed E-state index contributed by atoms with van der Waals surface area (Å²) in [5.41, 5.74) is 6.78. The fourth-order valence-corrected chi connectivity index (χ4v) is 4.33. The van der Waals surface area contributed by atoms with Crippen molar-refractivity contribution in [3.05, 3.63) is 66.0 Å². The first-order valence-electron chi connectivity index (χ1n) is 12.5. The van der Waals surface area contributed by atoms with Gasteiger partial charge in [-0.05, 0) is 44.2 Å². The number of aliphatic imine (C=N–C) groups is 1. The number of anilines is 4. The first kappa shape index (κ1) is 26.2. The van der Waals surface area contributed by atoms with Crippen molar-refractivity contribution in [3.63, 3.8) is 0 Å². The van der Waals surface area contributed by atoms with Gasteiger partial charge in [0.2, 0.25) is 5.95 Å². The summed E-state index contributed by atoms with van der Waals surface area (Å²) in [6.45, 7) is 6.02. The van der Waals surface area contributed by atoms with Crippen LogP contribution in [0.3, 0.4) is 0 Å². The lowest BCUT2D eigenvalue weighted by molar-refractivity contribution is 0.0737. The summed E-state index contributed by atoms with van der Waals surface area (Å²) in [5.74, 6) is 1.21. The summed E-state index contributed by atoms with van der Waals surface area (Å²) in [4.78, 5) is 24.1. The maximum Gasteiger partial charge on any atom is 0.220 e. The van der Waals surface area contributed by atoms with Gasteiger partial charge in [0, 0.05) is 54.4 Å². The lowest BCUT2D eigenvalue weighted by atomic mass is 10.0. The maximum atomic E-state index is 14.5. The second kappa shape index (κ2) is 10.8. The Morgan fingerprint density at radius 2 is 1.85 bits per heavy atom. The molecule has 5 heterocycles. The molecule has 0 aromatic carbocycles. The molecule has 4 aromatic heterocycles. The van der Waals surface area contributed by atoms with E-state index in [9.17, 15) is 9.50 Å². The molecule has 5 rings (SSSR count). The van der Waals surface area contributed by atoms with Gasteiger partial charge in [-0.25, -0.2) is 24.9 Å². The average molecular weight is 532 g/mol. The van der Waals surface area contributed by atoms with Gasteiger partial charge < -0.3 is 31.1 Å². The molecule has 12 heteroatoms. The fourth-order valence-electron chi connectivity index (χ4n) is 4.33. The van der Waals surface area contributed by atoms with Crippen LogP contribution in [-0.2, 0) is 10.3 Å². The van der Waals surface area contributed by atoms with E-state index in [2.05, 4.69) is 40.5 Å². The van der Waals surface area contributed by atoms with Crippen molar-refractivity contribution in [1.82, 2.24) is 19.9 Å². The molecule has 0 aliphatic carbocycles. The van der Waals surface area contributed by atoms with E-state index in [1.165, 1.54) is 19.9 Å². The summed E-state index contributed by atoms with van der Waals surface area (Å²) in [5, 5.41) is 17.6. The molecule has 39 heavy (non-hydrogen) atoms. The van der Waals surface area contributed by atoms with E-state index < -0.39 is 11.5 Å². The number of ether oxygens (including phenoxy) is 1. The molecule has 0 bridgehead atoms. The second-order valence-electron chi connectivity index (χ2n) is 9.58. The molecule has 0 atom stereocenters. The molecular formula is C27H30FN9O2. The predicted molar refractivity (Wildman–Crippen MR) is 149 cm³/mol. The van der Waals surface area contributed by atoms with Crippen LogP contribution >= 0.6 is 0 Å². The fraction of sp³-hybridized carbons (Fsp3) is 0.296. The van der Waals surface area contributed by atoms with Crippen LogP contribution in [0.1, 0.15) is 25.0 Å². The van der Waals surface area contributed by atoms with Gasteiger partial charge in [0.25, 0.3) is 0 Å². The second-order valence-corrected chi connectivity index (χ2v) is 9.58. The largest absolute Gasteiger partial charge is 0.386 e. The Morgan fingerprint density at radius 1 is 1.05 bits per heavy atom. The third-order valence-corrected chi connectivity index (χ3v) is 6.39. The highest BCUT2D eigenvalue weighted by molar-refractivity contribution is 6.11. The summed E-state index contributed by atoms with van der Waals surface area (Å²) >= 11 is 0. The minimum absolute atomic E-state index is 0.0992. The molecule has 0 unspecified atom stereocenters. The summed E-state index contributed by atoms with van der Waals surface area (Å²) in [6, 6.07) is 8.63. The van der Waals surface area contributed by atoms with Crippen molar-refractivity contribution in [2.24, 2.45) is 10.7 Å². The third-order valence-electron chi connectivity index (χ3n) is 6.39. The smallest absolute Gasteiger partial charge is 0.220 e. The van der Waals surface area contributed by atoms with Crippen LogP contribution in [-0.4, -0.2) is 64.2 Å². The zero-order valence-corrected chi connectivity index (χ0v) is 21.9. The Labute approximate surface area is 225 Å². The number of nitrogens with two attached hydrogens (primary N) is 1. The zero-order valence-electron chi connectivity index (χ0n) is 21.9. The van der Waals surface area contributed by atoms with Crippen molar-refractivity contribution in [3.8, 4) is 0 Å². The first-order valence-corrected chi connectivity index (χ1v) is 12.5. The Morgan fingerprint density at radius 3 is 2.51 bits per heavy atom. The van der Waals surface area contributed by atoms with Gasteiger partial charge in [-0.2, -0.15) is 4.39 Å². The topological polar surface area (TPSA) is 147 Å². The molecule has 4 aromatic rings. The molecule has 1 aliphatic heterocycles. The Hall–Kier alpha value is -4.42. The molecule has 1 saturated heterocycles. The molecule has 0 radical (unpaired) electrons. The number of rotatable bonds is 7. The SMILES string of the molecule is CNc1ncc(C(N)=Nc2ccc(N3CCOCC3)cn2)c2cc(Nc3ccc(C(C)(C)O)c(F)n3)ncc12. The van der Waals surface area contributed by atoms with Crippen molar-refractivity contribution in [2.45, 2.75) is 19.4 Å². The van der Waals surface area contributed by atoms with Gasteiger partial charge in [-0.3, -0.25) is 0 Å². The van der Waals surface area contributed by atoms with Crippen LogP contribution in [0.4, 0.5) is 33.3 Å². The summed E-state index contributed by atoms with van der Waals surface area (Å²) < 4.78 is 19.9. The summed E-state index contributed by atoms with van der Waals surface area (Å²) in [7, 11) is 1.77. The Bertz CT molecular complexity index is 1510. The lowest BCUT2D eigenvalue weighted by Crippen LogP contribution is -2.36. The number of aliphatic hydroxyl groups is 1. The highest BCUT2D eigenvalue weighted by Crippen LogP contribution is 2.29. The molecule has 0 spiro atoms. The standard InChI is InChI=1S/C27H30FN9O2/c1-27(2,38)20-5-7-22(35-24(20)28)34-23-12-17-18(14-33-26(30-3)19(17)15-32-23)25(29)36-21-6-4-16(13-31-21)37-8-10-39-11-9-37/h4-7,12-15,38H,8-11H2,1-3H3,(H,30,33)(H2,29,31,36)(H,32,34,35). The first-order chi connectivity index (χ1) is 18.7. The van der Waals surface area contributed by atoms with Gasteiger partial charge in [0.05, 0.1) is 30.7 Å². The molecule has 0 saturated carbocycles. The number of nitrogens with one attached hydrogen (secondary N) is 2. The predicted octanol–water partition coefficient (Wildman–Crippen LogP) is 3.45. The summed E-state index contributed by atoms with van der Waals surface area (Å²) in [6.07, 6.45) is 5.05. The minimum atomic E-state index is -1.35. The molecule has 5 N–H and O–H groups in total. The monoisotopic (exact) mass is 531 g/mol. The molecule has 0 amide bonds. The van der Waals surface area contributed by atoms with Crippen LogP contribution in [0.2, 0.25) is 0 Å². The third kappa shape index (κ3) is 5.71. The molecule has 11 nitrogen and oxygen atoms in total.